The highest BCUT2D eigenvalue weighted by Gasteiger charge is 2.09. The van der Waals surface area contributed by atoms with Gasteiger partial charge in [-0.1, -0.05) is 0 Å². The summed E-state index contributed by atoms with van der Waals surface area (Å²) < 4.78 is 12.4. The fourth-order valence-corrected chi connectivity index (χ4v) is 1.98. The van der Waals surface area contributed by atoms with Gasteiger partial charge in [-0.2, -0.15) is 5.10 Å². The summed E-state index contributed by atoms with van der Waals surface area (Å²) in [7, 11) is 1.62. The molecular formula is C15H20N2O3. The molecule has 20 heavy (non-hydrogen) atoms. The van der Waals surface area contributed by atoms with Crippen LogP contribution in [0.5, 0.6) is 11.5 Å². The zero-order valence-electron chi connectivity index (χ0n) is 12.0. The van der Waals surface area contributed by atoms with Gasteiger partial charge in [0, 0.05) is 5.69 Å². The summed E-state index contributed by atoms with van der Waals surface area (Å²) in [6.07, 6.45) is -0.602. The highest BCUT2D eigenvalue weighted by molar-refractivity contribution is 5.31. The highest BCUT2D eigenvalue weighted by atomic mass is 16.5. The van der Waals surface area contributed by atoms with E-state index in [-0.39, 0.29) is 6.61 Å². The van der Waals surface area contributed by atoms with E-state index in [4.69, 9.17) is 9.47 Å². The van der Waals surface area contributed by atoms with Crippen molar-refractivity contribution in [1.82, 2.24) is 9.78 Å². The van der Waals surface area contributed by atoms with Crippen LogP contribution in [0.3, 0.4) is 0 Å². The summed E-state index contributed by atoms with van der Waals surface area (Å²) in [4.78, 5) is 0. The summed E-state index contributed by atoms with van der Waals surface area (Å²) in [6.45, 7) is 4.56. The largest absolute Gasteiger partial charge is 0.497 e. The van der Waals surface area contributed by atoms with Gasteiger partial charge in [-0.3, -0.25) is 4.68 Å². The zero-order chi connectivity index (χ0) is 14.5. The van der Waals surface area contributed by atoms with Crippen molar-refractivity contribution in [1.29, 1.82) is 0 Å². The standard InChI is InChI=1S/C15H20N2O3/c1-11-8-12(2)17(16-11)9-13(18)10-20-15-6-4-14(19-3)5-7-15/h4-8,13,18H,9-10H2,1-3H3/t13-/m1/s1. The topological polar surface area (TPSA) is 56.5 Å². The van der Waals surface area contributed by atoms with E-state index in [2.05, 4.69) is 5.10 Å². The van der Waals surface area contributed by atoms with Crippen molar-refractivity contribution < 1.29 is 14.6 Å². The minimum atomic E-state index is -0.602. The second kappa shape index (κ2) is 6.43. The number of rotatable bonds is 6. The molecule has 0 saturated carbocycles. The number of aryl methyl sites for hydroxylation is 2. The maximum Gasteiger partial charge on any atom is 0.119 e. The van der Waals surface area contributed by atoms with Gasteiger partial charge in [-0.25, -0.2) is 0 Å². The molecule has 1 atom stereocenters. The first kappa shape index (κ1) is 14.4. The molecule has 5 nitrogen and oxygen atoms in total. The molecule has 0 amide bonds. The maximum absolute atomic E-state index is 9.99. The summed E-state index contributed by atoms with van der Waals surface area (Å²) in [5.74, 6) is 1.48. The minimum absolute atomic E-state index is 0.227. The van der Waals surface area contributed by atoms with Gasteiger partial charge in [0.1, 0.15) is 24.2 Å². The molecular weight excluding hydrogens is 256 g/mol. The quantitative estimate of drug-likeness (QED) is 0.876. The van der Waals surface area contributed by atoms with Gasteiger partial charge in [0.15, 0.2) is 0 Å². The fraction of sp³-hybridized carbons (Fsp3) is 0.400. The average molecular weight is 276 g/mol. The van der Waals surface area contributed by atoms with E-state index >= 15 is 0 Å². The number of hydrogen-bond acceptors (Lipinski definition) is 4. The second-order valence-electron chi connectivity index (χ2n) is 4.75. The van der Waals surface area contributed by atoms with E-state index in [1.165, 1.54) is 0 Å². The highest BCUT2D eigenvalue weighted by Crippen LogP contribution is 2.17. The number of aromatic nitrogens is 2. The molecule has 2 aromatic rings. The molecule has 1 aromatic carbocycles. The van der Waals surface area contributed by atoms with Crippen molar-refractivity contribution in [2.45, 2.75) is 26.5 Å². The lowest BCUT2D eigenvalue weighted by Gasteiger charge is -2.13. The van der Waals surface area contributed by atoms with Crippen molar-refractivity contribution in [3.63, 3.8) is 0 Å². The van der Waals surface area contributed by atoms with Crippen LogP contribution in [-0.4, -0.2) is 34.7 Å². The van der Waals surface area contributed by atoms with Crippen LogP contribution in [0.4, 0.5) is 0 Å². The zero-order valence-corrected chi connectivity index (χ0v) is 12.0. The summed E-state index contributed by atoms with van der Waals surface area (Å²) in [5, 5.41) is 14.3. The van der Waals surface area contributed by atoms with Crippen LogP contribution in [0.25, 0.3) is 0 Å². The molecule has 0 fully saturated rings. The Hall–Kier alpha value is -2.01. The van der Waals surface area contributed by atoms with E-state index in [0.29, 0.717) is 12.3 Å². The monoisotopic (exact) mass is 276 g/mol. The Morgan fingerprint density at radius 2 is 1.85 bits per heavy atom. The normalized spacial score (nSPS) is 12.2. The third-order valence-corrected chi connectivity index (χ3v) is 2.99. The van der Waals surface area contributed by atoms with Crippen LogP contribution >= 0.6 is 0 Å². The molecule has 0 spiro atoms. The Labute approximate surface area is 118 Å². The van der Waals surface area contributed by atoms with Gasteiger partial charge in [0.05, 0.1) is 19.3 Å². The lowest BCUT2D eigenvalue weighted by molar-refractivity contribution is 0.0887. The maximum atomic E-state index is 9.99. The summed E-state index contributed by atoms with van der Waals surface area (Å²) in [5.41, 5.74) is 1.98. The molecule has 1 N–H and O–H groups in total. The molecule has 0 aliphatic heterocycles. The number of nitrogens with zero attached hydrogens (tertiary/aromatic N) is 2. The lowest BCUT2D eigenvalue weighted by Crippen LogP contribution is -2.24. The number of ether oxygens (including phenoxy) is 2. The first-order valence-electron chi connectivity index (χ1n) is 6.54. The van der Waals surface area contributed by atoms with E-state index in [0.717, 1.165) is 17.1 Å². The van der Waals surface area contributed by atoms with Gasteiger partial charge in [0.25, 0.3) is 0 Å². The van der Waals surface area contributed by atoms with Crippen molar-refractivity contribution >= 4 is 0 Å². The third-order valence-electron chi connectivity index (χ3n) is 2.99. The molecule has 0 saturated heterocycles. The third kappa shape index (κ3) is 3.74. The van der Waals surface area contributed by atoms with Crippen LogP contribution in [0.2, 0.25) is 0 Å². The molecule has 0 unspecified atom stereocenters. The van der Waals surface area contributed by atoms with Crippen LogP contribution in [-0.2, 0) is 6.54 Å². The van der Waals surface area contributed by atoms with Gasteiger partial charge < -0.3 is 14.6 Å². The van der Waals surface area contributed by atoms with Crippen LogP contribution in [0.15, 0.2) is 30.3 Å². The minimum Gasteiger partial charge on any atom is -0.497 e. The molecule has 5 heteroatoms. The fourth-order valence-electron chi connectivity index (χ4n) is 1.98. The second-order valence-corrected chi connectivity index (χ2v) is 4.75. The number of aliphatic hydroxyl groups excluding tert-OH is 1. The Morgan fingerprint density at radius 1 is 1.20 bits per heavy atom. The molecule has 108 valence electrons. The Bertz CT molecular complexity index is 549. The van der Waals surface area contributed by atoms with Crippen molar-refractivity contribution in [3.05, 3.63) is 41.7 Å². The Morgan fingerprint density at radius 3 is 2.40 bits per heavy atom. The van der Waals surface area contributed by atoms with Crippen molar-refractivity contribution in [2.24, 2.45) is 0 Å². The summed E-state index contributed by atoms with van der Waals surface area (Å²) >= 11 is 0. The van der Waals surface area contributed by atoms with Gasteiger partial charge >= 0.3 is 0 Å². The predicted molar refractivity (Wildman–Crippen MR) is 76.2 cm³/mol. The van der Waals surface area contributed by atoms with E-state index in [1.807, 2.05) is 44.2 Å². The number of methoxy groups -OCH3 is 1. The number of hydrogen-bond donors (Lipinski definition) is 1. The SMILES string of the molecule is COc1ccc(OC[C@H](O)Cn2nc(C)cc2C)cc1. The van der Waals surface area contributed by atoms with Gasteiger partial charge in [-0.15, -0.1) is 0 Å². The molecule has 1 aromatic heterocycles. The first-order valence-corrected chi connectivity index (χ1v) is 6.54. The molecule has 0 aliphatic carbocycles. The number of benzene rings is 1. The van der Waals surface area contributed by atoms with Crippen molar-refractivity contribution in [3.8, 4) is 11.5 Å². The Balaban J connectivity index is 1.85. The molecule has 0 aliphatic rings. The Kier molecular flexibility index (Phi) is 4.63. The van der Waals surface area contributed by atoms with Gasteiger partial charge in [-0.05, 0) is 44.2 Å². The average Bonchev–Trinajstić information content (AvgIpc) is 2.75. The lowest BCUT2D eigenvalue weighted by atomic mass is 10.3. The van der Waals surface area contributed by atoms with Crippen LogP contribution in [0.1, 0.15) is 11.4 Å². The van der Waals surface area contributed by atoms with Crippen LogP contribution in [0, 0.1) is 13.8 Å². The smallest absolute Gasteiger partial charge is 0.119 e. The van der Waals surface area contributed by atoms with Gasteiger partial charge in [0.2, 0.25) is 0 Å². The van der Waals surface area contributed by atoms with Crippen LogP contribution < -0.4 is 9.47 Å². The van der Waals surface area contributed by atoms with E-state index in [1.54, 1.807) is 11.8 Å². The number of aliphatic hydroxyl groups is 1. The van der Waals surface area contributed by atoms with E-state index < -0.39 is 6.10 Å². The van der Waals surface area contributed by atoms with Crippen molar-refractivity contribution in [2.75, 3.05) is 13.7 Å². The van der Waals surface area contributed by atoms with E-state index in [9.17, 15) is 5.11 Å². The predicted octanol–water partition coefficient (Wildman–Crippen LogP) is 1.95. The molecule has 1 heterocycles. The molecule has 0 radical (unpaired) electrons. The molecule has 0 bridgehead atoms. The molecule has 2 rings (SSSR count). The first-order chi connectivity index (χ1) is 9.58. The summed E-state index contributed by atoms with van der Waals surface area (Å²) in [6, 6.07) is 9.26.